The Bertz CT molecular complexity index is 1300. The zero-order chi connectivity index (χ0) is 28.7. The molecule has 1 aromatic heterocycles. The summed E-state index contributed by atoms with van der Waals surface area (Å²) >= 11 is 0.735. The number of carbonyl (C=O) groups is 3. The van der Waals surface area contributed by atoms with Crippen LogP contribution < -0.4 is 35.9 Å². The van der Waals surface area contributed by atoms with Gasteiger partial charge in [0.1, 0.15) is 10.9 Å². The monoisotopic (exact) mass is 555 g/mol. The number of rotatable bonds is 12. The number of methoxy groups -OCH3 is 3. The molecule has 0 saturated heterocycles. The average Bonchev–Trinajstić information content (AvgIpc) is 3.32. The highest BCUT2D eigenvalue weighted by Gasteiger charge is 2.37. The number of para-hydroxylation sites is 1. The largest absolute Gasteiger partial charge is 0.493 e. The molecule has 3 rings (SSSR count). The van der Waals surface area contributed by atoms with Gasteiger partial charge in [-0.25, -0.2) is 0 Å². The number of nitrogens with two attached hydrogens (primary N) is 2. The first-order valence-electron chi connectivity index (χ1n) is 12.2. The van der Waals surface area contributed by atoms with Crippen LogP contribution in [0.15, 0.2) is 42.5 Å². The molecule has 0 fully saturated rings. The molecule has 0 aliphatic rings. The number of benzene rings is 2. The molecule has 3 amide bonds. The molecule has 0 aliphatic heterocycles. The molecular formula is C27H33N5O6S. The summed E-state index contributed by atoms with van der Waals surface area (Å²) in [5.41, 5.74) is 11.9. The van der Waals surface area contributed by atoms with Gasteiger partial charge in [-0.3, -0.25) is 19.3 Å². The third-order valence-electron chi connectivity index (χ3n) is 5.94. The van der Waals surface area contributed by atoms with Crippen molar-refractivity contribution in [2.24, 2.45) is 11.7 Å². The van der Waals surface area contributed by atoms with Crippen LogP contribution in [0.3, 0.4) is 0 Å². The van der Waals surface area contributed by atoms with E-state index in [0.29, 0.717) is 41.0 Å². The van der Waals surface area contributed by atoms with E-state index in [1.807, 2.05) is 13.8 Å². The van der Waals surface area contributed by atoms with Crippen LogP contribution >= 0.6 is 11.5 Å². The number of carbonyl (C=O) groups excluding carboxylic acids is 3. The molecule has 208 valence electrons. The molecule has 0 bridgehead atoms. The second kappa shape index (κ2) is 13.0. The minimum Gasteiger partial charge on any atom is -0.493 e. The summed E-state index contributed by atoms with van der Waals surface area (Å²) in [6.07, 6.45) is 0.733. The average molecular weight is 556 g/mol. The van der Waals surface area contributed by atoms with Gasteiger partial charge in [-0.1, -0.05) is 32.0 Å². The molecule has 1 unspecified atom stereocenters. The molecule has 1 heterocycles. The fourth-order valence-corrected chi connectivity index (χ4v) is 4.71. The van der Waals surface area contributed by atoms with Crippen LogP contribution in [0.25, 0.3) is 0 Å². The van der Waals surface area contributed by atoms with E-state index in [-0.39, 0.29) is 16.3 Å². The van der Waals surface area contributed by atoms with Gasteiger partial charge in [0.05, 0.1) is 27.0 Å². The molecule has 0 radical (unpaired) electrons. The van der Waals surface area contributed by atoms with Crippen LogP contribution in [0.1, 0.15) is 52.0 Å². The van der Waals surface area contributed by atoms with E-state index in [1.54, 1.807) is 42.5 Å². The van der Waals surface area contributed by atoms with Crippen LogP contribution in [-0.4, -0.2) is 50.0 Å². The normalized spacial score (nSPS) is 11.5. The minimum atomic E-state index is -1.20. The van der Waals surface area contributed by atoms with E-state index >= 15 is 0 Å². The summed E-state index contributed by atoms with van der Waals surface area (Å²) in [7, 11) is 4.39. The van der Waals surface area contributed by atoms with Gasteiger partial charge in [0.2, 0.25) is 11.7 Å². The number of nitrogens with zero attached hydrogens (tertiary/aromatic N) is 2. The van der Waals surface area contributed by atoms with E-state index < -0.39 is 23.8 Å². The van der Waals surface area contributed by atoms with Crippen molar-refractivity contribution in [1.29, 1.82) is 0 Å². The first kappa shape index (κ1) is 29.2. The van der Waals surface area contributed by atoms with E-state index in [4.69, 9.17) is 25.7 Å². The lowest BCUT2D eigenvalue weighted by atomic mass is 10.0. The summed E-state index contributed by atoms with van der Waals surface area (Å²) in [4.78, 5) is 41.1. The smallest absolute Gasteiger partial charge is 0.273 e. The lowest BCUT2D eigenvalue weighted by Gasteiger charge is -2.32. The Labute approximate surface area is 231 Å². The molecular weight excluding hydrogens is 522 g/mol. The fourth-order valence-electron chi connectivity index (χ4n) is 3.97. The van der Waals surface area contributed by atoms with Gasteiger partial charge >= 0.3 is 0 Å². The van der Waals surface area contributed by atoms with Crippen molar-refractivity contribution < 1.29 is 28.6 Å². The summed E-state index contributed by atoms with van der Waals surface area (Å²) in [6, 6.07) is 10.7. The van der Waals surface area contributed by atoms with E-state index in [0.717, 1.165) is 18.0 Å². The number of hydrogen-bond donors (Lipinski definition) is 3. The Hall–Kier alpha value is -4.32. The number of nitrogens with one attached hydrogen (secondary N) is 1. The number of ether oxygens (including phenoxy) is 3. The maximum atomic E-state index is 14.1. The van der Waals surface area contributed by atoms with Crippen molar-refractivity contribution in [3.63, 3.8) is 0 Å². The van der Waals surface area contributed by atoms with Crippen molar-refractivity contribution >= 4 is 40.6 Å². The lowest BCUT2D eigenvalue weighted by molar-refractivity contribution is -0.122. The third kappa shape index (κ3) is 6.40. The Kier molecular flexibility index (Phi) is 9.72. The summed E-state index contributed by atoms with van der Waals surface area (Å²) < 4.78 is 20.5. The second-order valence-electron chi connectivity index (χ2n) is 8.98. The van der Waals surface area contributed by atoms with Crippen LogP contribution in [-0.2, 0) is 4.79 Å². The third-order valence-corrected chi connectivity index (χ3v) is 6.79. The topological polar surface area (TPSA) is 159 Å². The van der Waals surface area contributed by atoms with Crippen molar-refractivity contribution in [2.45, 2.75) is 26.3 Å². The number of aromatic nitrogens is 1. The SMILES string of the molecule is COc1cc(C(C(=O)NCCC(C)C)N(C(=O)c2snc(C(N)=O)c2N)c2ccccc2)cc(OC)c1OC. The van der Waals surface area contributed by atoms with Crippen LogP contribution in [0.4, 0.5) is 11.4 Å². The van der Waals surface area contributed by atoms with Gasteiger partial charge in [-0.2, -0.15) is 4.37 Å². The second-order valence-corrected chi connectivity index (χ2v) is 9.76. The molecule has 3 aromatic rings. The van der Waals surface area contributed by atoms with Crippen LogP contribution in [0.2, 0.25) is 0 Å². The van der Waals surface area contributed by atoms with Crippen molar-refractivity contribution in [3.8, 4) is 17.2 Å². The molecule has 5 N–H and O–H groups in total. The van der Waals surface area contributed by atoms with Gasteiger partial charge in [0, 0.05) is 12.2 Å². The fraction of sp³-hybridized carbons (Fsp3) is 0.333. The number of amides is 3. The zero-order valence-corrected chi connectivity index (χ0v) is 23.3. The van der Waals surface area contributed by atoms with E-state index in [9.17, 15) is 14.4 Å². The minimum absolute atomic E-state index is 0.0277. The summed E-state index contributed by atoms with van der Waals surface area (Å²) in [6.45, 7) is 4.49. The maximum Gasteiger partial charge on any atom is 0.273 e. The maximum absolute atomic E-state index is 14.1. The van der Waals surface area contributed by atoms with E-state index in [1.165, 1.54) is 26.2 Å². The number of primary amides is 1. The first-order valence-corrected chi connectivity index (χ1v) is 12.9. The highest BCUT2D eigenvalue weighted by atomic mass is 32.1. The molecule has 39 heavy (non-hydrogen) atoms. The van der Waals surface area contributed by atoms with Crippen molar-refractivity contribution in [3.05, 3.63) is 58.6 Å². The Morgan fingerprint density at radius 1 is 1.03 bits per heavy atom. The standard InChI is InChI=1S/C27H33N5O6S/c1-15(2)11-12-30-26(34)22(16-13-18(36-3)23(38-5)19(14-16)37-4)32(17-9-7-6-8-10-17)27(35)24-20(28)21(25(29)33)31-39-24/h6-10,13-15,22H,11-12,28H2,1-5H3,(H2,29,33)(H,30,34). The molecule has 0 spiro atoms. The Morgan fingerprint density at radius 3 is 2.13 bits per heavy atom. The van der Waals surface area contributed by atoms with Gasteiger partial charge in [0.25, 0.3) is 11.8 Å². The Morgan fingerprint density at radius 2 is 1.64 bits per heavy atom. The summed E-state index contributed by atoms with van der Waals surface area (Å²) in [5, 5.41) is 2.95. The van der Waals surface area contributed by atoms with Crippen molar-refractivity contribution in [1.82, 2.24) is 9.69 Å². The number of nitrogen functional groups attached to an aromatic ring is 1. The zero-order valence-electron chi connectivity index (χ0n) is 22.5. The highest BCUT2D eigenvalue weighted by molar-refractivity contribution is 7.09. The summed E-state index contributed by atoms with van der Waals surface area (Å²) in [5.74, 6) is -0.649. The number of anilines is 2. The highest BCUT2D eigenvalue weighted by Crippen LogP contribution is 2.42. The molecule has 2 aromatic carbocycles. The predicted octanol–water partition coefficient (Wildman–Crippen LogP) is 3.40. The molecule has 12 heteroatoms. The Balaban J connectivity index is 2.26. The van der Waals surface area contributed by atoms with E-state index in [2.05, 4.69) is 9.69 Å². The molecule has 0 aliphatic carbocycles. The predicted molar refractivity (Wildman–Crippen MR) is 150 cm³/mol. The first-order chi connectivity index (χ1) is 18.6. The molecule has 1 atom stereocenters. The molecule has 0 saturated carbocycles. The number of hydrogen-bond acceptors (Lipinski definition) is 9. The van der Waals surface area contributed by atoms with Gasteiger partial charge in [0.15, 0.2) is 17.2 Å². The van der Waals surface area contributed by atoms with Gasteiger partial charge < -0.3 is 31.0 Å². The van der Waals surface area contributed by atoms with Crippen molar-refractivity contribution in [2.75, 3.05) is 38.5 Å². The quantitative estimate of drug-likeness (QED) is 0.307. The van der Waals surface area contributed by atoms with Crippen LogP contribution in [0.5, 0.6) is 17.2 Å². The molecule has 11 nitrogen and oxygen atoms in total. The van der Waals surface area contributed by atoms with Crippen LogP contribution in [0, 0.1) is 5.92 Å². The lowest BCUT2D eigenvalue weighted by Crippen LogP contribution is -2.44. The van der Waals surface area contributed by atoms with Gasteiger partial charge in [-0.15, -0.1) is 0 Å². The van der Waals surface area contributed by atoms with Gasteiger partial charge in [-0.05, 0) is 53.7 Å².